The third-order valence-electron chi connectivity index (χ3n) is 6.71. The number of nitrogens with one attached hydrogen (secondary N) is 1. The second-order valence-corrected chi connectivity index (χ2v) is 8.84. The summed E-state index contributed by atoms with van der Waals surface area (Å²) in [6.45, 7) is -0.0835. The van der Waals surface area contributed by atoms with Crippen molar-refractivity contribution in [3.05, 3.63) is 77.6 Å². The van der Waals surface area contributed by atoms with Crippen LogP contribution in [-0.4, -0.2) is 46.2 Å². The summed E-state index contributed by atoms with van der Waals surface area (Å²) < 4.78 is 25.9. The predicted octanol–water partition coefficient (Wildman–Crippen LogP) is 2.98. The number of pyridine rings is 2. The minimum absolute atomic E-state index is 0.0409. The molecule has 1 atom stereocenters. The van der Waals surface area contributed by atoms with Gasteiger partial charge in [-0.05, 0) is 35.9 Å². The zero-order chi connectivity index (χ0) is 25.0. The maximum absolute atomic E-state index is 14.8. The van der Waals surface area contributed by atoms with Crippen LogP contribution in [0.4, 0.5) is 4.39 Å². The Morgan fingerprint density at radius 2 is 1.94 bits per heavy atom. The van der Waals surface area contributed by atoms with E-state index in [0.717, 1.165) is 5.56 Å². The number of ether oxygens (including phenoxy) is 1. The van der Waals surface area contributed by atoms with Gasteiger partial charge in [-0.3, -0.25) is 24.7 Å². The van der Waals surface area contributed by atoms with Gasteiger partial charge in [0.2, 0.25) is 11.8 Å². The molecule has 3 aromatic heterocycles. The lowest BCUT2D eigenvalue weighted by Crippen LogP contribution is -2.46. The van der Waals surface area contributed by atoms with Crippen molar-refractivity contribution in [2.24, 2.45) is 0 Å². The van der Waals surface area contributed by atoms with Gasteiger partial charge in [-0.25, -0.2) is 9.37 Å². The number of imide groups is 1. The molecular weight excluding hydrogens is 467 g/mol. The van der Waals surface area contributed by atoms with Crippen molar-refractivity contribution in [3.63, 3.8) is 0 Å². The van der Waals surface area contributed by atoms with Gasteiger partial charge in [-0.1, -0.05) is 6.07 Å². The number of halogens is 1. The number of benzene rings is 1. The van der Waals surface area contributed by atoms with Crippen LogP contribution in [0.15, 0.2) is 59.3 Å². The van der Waals surface area contributed by atoms with Gasteiger partial charge < -0.3 is 14.1 Å². The average Bonchev–Trinajstić information content (AvgIpc) is 3.53. The van der Waals surface area contributed by atoms with E-state index in [1.165, 1.54) is 18.1 Å². The summed E-state index contributed by atoms with van der Waals surface area (Å²) in [5.74, 6) is -2.23. The number of carbonyl (C=O) groups is 3. The van der Waals surface area contributed by atoms with E-state index in [4.69, 9.17) is 9.15 Å². The molecule has 0 spiro atoms. The molecule has 1 N–H and O–H groups in total. The van der Waals surface area contributed by atoms with Crippen LogP contribution in [0.3, 0.4) is 0 Å². The SMILES string of the molecule is COc1ccc2c(c1F)C(=O)N(C[C@@]1(c3cc4nc(-c5ccncc5)ccc4o3)CC(=O)NC1=O)C2. The topological polar surface area (TPSA) is 115 Å². The minimum atomic E-state index is -1.48. The Kier molecular flexibility index (Phi) is 4.85. The Hall–Kier alpha value is -4.60. The van der Waals surface area contributed by atoms with Crippen molar-refractivity contribution in [1.29, 1.82) is 0 Å². The standard InChI is InChI=1S/C26H19FN4O5/c1-35-19-4-2-15-12-31(24(33)22(15)23(19)27)13-26(11-21(32)30-25(26)34)20-10-17-18(36-20)5-3-16(29-17)14-6-8-28-9-7-14/h2-10H,11-13H2,1H3,(H,30,32,34)/t26-/m1/s1. The number of hydrogen-bond donors (Lipinski definition) is 1. The summed E-state index contributed by atoms with van der Waals surface area (Å²) in [4.78, 5) is 48.7. The highest BCUT2D eigenvalue weighted by atomic mass is 19.1. The lowest BCUT2D eigenvalue weighted by atomic mass is 9.82. The Balaban J connectivity index is 1.39. The van der Waals surface area contributed by atoms with Crippen LogP contribution in [0.2, 0.25) is 0 Å². The number of nitrogens with zero attached hydrogens (tertiary/aromatic N) is 3. The van der Waals surface area contributed by atoms with Crippen LogP contribution in [0, 0.1) is 5.82 Å². The molecule has 2 aliphatic heterocycles. The number of fused-ring (bicyclic) bond motifs is 2. The Morgan fingerprint density at radius 1 is 1.14 bits per heavy atom. The Morgan fingerprint density at radius 3 is 2.67 bits per heavy atom. The van der Waals surface area contributed by atoms with Crippen molar-refractivity contribution in [1.82, 2.24) is 20.2 Å². The fourth-order valence-electron chi connectivity index (χ4n) is 4.90. The van der Waals surface area contributed by atoms with E-state index in [2.05, 4.69) is 15.3 Å². The number of hydrogen-bond acceptors (Lipinski definition) is 7. The van der Waals surface area contributed by atoms with E-state index < -0.39 is 29.0 Å². The van der Waals surface area contributed by atoms with E-state index in [1.54, 1.807) is 36.7 Å². The van der Waals surface area contributed by atoms with Gasteiger partial charge in [0.15, 0.2) is 17.1 Å². The third-order valence-corrected chi connectivity index (χ3v) is 6.71. The fourth-order valence-corrected chi connectivity index (χ4v) is 4.90. The molecule has 180 valence electrons. The lowest BCUT2D eigenvalue weighted by molar-refractivity contribution is -0.127. The first kappa shape index (κ1) is 21.9. The molecule has 1 fully saturated rings. The van der Waals surface area contributed by atoms with Crippen LogP contribution in [0.5, 0.6) is 5.75 Å². The van der Waals surface area contributed by atoms with E-state index in [0.29, 0.717) is 22.4 Å². The zero-order valence-corrected chi connectivity index (χ0v) is 19.1. The van der Waals surface area contributed by atoms with E-state index in [-0.39, 0.29) is 36.6 Å². The number of amides is 3. The molecule has 0 saturated carbocycles. The molecule has 36 heavy (non-hydrogen) atoms. The molecule has 5 heterocycles. The van der Waals surface area contributed by atoms with Gasteiger partial charge in [0.25, 0.3) is 5.91 Å². The van der Waals surface area contributed by atoms with Gasteiger partial charge in [-0.2, -0.15) is 0 Å². The van der Waals surface area contributed by atoms with Gasteiger partial charge in [0, 0.05) is 37.1 Å². The molecule has 0 unspecified atom stereocenters. The van der Waals surface area contributed by atoms with Crippen molar-refractivity contribution >= 4 is 28.8 Å². The summed E-state index contributed by atoms with van der Waals surface area (Å²) in [5, 5.41) is 2.33. The molecule has 0 bridgehead atoms. The largest absolute Gasteiger partial charge is 0.494 e. The Labute approximate surface area is 203 Å². The average molecular weight is 486 g/mol. The summed E-state index contributed by atoms with van der Waals surface area (Å²) in [5.41, 5.74) is 1.38. The monoisotopic (exact) mass is 486 g/mol. The highest BCUT2D eigenvalue weighted by Gasteiger charge is 2.53. The maximum atomic E-state index is 14.8. The minimum Gasteiger partial charge on any atom is -0.494 e. The second kappa shape index (κ2) is 7.98. The maximum Gasteiger partial charge on any atom is 0.257 e. The van der Waals surface area contributed by atoms with Crippen LogP contribution < -0.4 is 10.1 Å². The highest BCUT2D eigenvalue weighted by molar-refractivity contribution is 6.10. The molecule has 3 amide bonds. The van der Waals surface area contributed by atoms with Crippen LogP contribution in [-0.2, 0) is 21.5 Å². The molecule has 0 radical (unpaired) electrons. The molecule has 6 rings (SSSR count). The molecule has 4 aromatic rings. The van der Waals surface area contributed by atoms with Gasteiger partial charge in [-0.15, -0.1) is 0 Å². The summed E-state index contributed by atoms with van der Waals surface area (Å²) in [6.07, 6.45) is 3.11. The number of furan rings is 1. The molecule has 9 nitrogen and oxygen atoms in total. The van der Waals surface area contributed by atoms with Crippen molar-refractivity contribution in [2.75, 3.05) is 13.7 Å². The molecule has 1 aromatic carbocycles. The first-order valence-corrected chi connectivity index (χ1v) is 11.2. The molecule has 2 aliphatic rings. The number of aromatic nitrogens is 2. The second-order valence-electron chi connectivity index (χ2n) is 8.84. The summed E-state index contributed by atoms with van der Waals surface area (Å²) >= 11 is 0. The third kappa shape index (κ3) is 3.25. The van der Waals surface area contributed by atoms with Crippen molar-refractivity contribution in [2.45, 2.75) is 18.4 Å². The summed E-state index contributed by atoms with van der Waals surface area (Å²) in [7, 11) is 1.32. The fraction of sp³-hybridized carbons (Fsp3) is 0.192. The van der Waals surface area contributed by atoms with Crippen molar-refractivity contribution in [3.8, 4) is 17.0 Å². The van der Waals surface area contributed by atoms with Crippen molar-refractivity contribution < 1.29 is 27.9 Å². The van der Waals surface area contributed by atoms with Crippen LogP contribution >= 0.6 is 0 Å². The van der Waals surface area contributed by atoms with Crippen LogP contribution in [0.1, 0.15) is 28.1 Å². The number of methoxy groups -OCH3 is 1. The van der Waals surface area contributed by atoms with Crippen LogP contribution in [0.25, 0.3) is 22.4 Å². The molecule has 1 saturated heterocycles. The van der Waals surface area contributed by atoms with Gasteiger partial charge >= 0.3 is 0 Å². The normalized spacial score (nSPS) is 19.2. The Bertz CT molecular complexity index is 1570. The quantitative estimate of drug-likeness (QED) is 0.431. The smallest absolute Gasteiger partial charge is 0.257 e. The van der Waals surface area contributed by atoms with Gasteiger partial charge in [0.05, 0.1) is 24.8 Å². The molecular formula is C26H19FN4O5. The number of rotatable bonds is 5. The highest BCUT2D eigenvalue weighted by Crippen LogP contribution is 2.40. The van der Waals surface area contributed by atoms with E-state index in [1.807, 2.05) is 12.1 Å². The van der Waals surface area contributed by atoms with E-state index >= 15 is 0 Å². The lowest BCUT2D eigenvalue weighted by Gasteiger charge is -2.28. The van der Waals surface area contributed by atoms with Gasteiger partial charge in [0.1, 0.15) is 16.7 Å². The van der Waals surface area contributed by atoms with E-state index in [9.17, 15) is 18.8 Å². The molecule has 0 aliphatic carbocycles. The summed E-state index contributed by atoms with van der Waals surface area (Å²) in [6, 6.07) is 11.9. The first-order valence-electron chi connectivity index (χ1n) is 11.2. The zero-order valence-electron chi connectivity index (χ0n) is 19.1. The molecule has 10 heteroatoms. The number of carbonyl (C=O) groups excluding carboxylic acids is 3. The first-order chi connectivity index (χ1) is 17.4. The predicted molar refractivity (Wildman–Crippen MR) is 124 cm³/mol.